The van der Waals surface area contributed by atoms with Crippen molar-refractivity contribution in [1.29, 1.82) is 0 Å². The molecule has 0 saturated heterocycles. The topological polar surface area (TPSA) is 75.1 Å². The molecule has 0 spiro atoms. The number of halogens is 2. The first-order chi connectivity index (χ1) is 11.1. The largest absolute Gasteiger partial charge is 0.378 e. The SMILES string of the molecule is CCCc1cc(=O)n2nc(CNc3ccc(F)c(Cl)c3)nc2[nH]1. The Balaban J connectivity index is 1.81. The molecule has 2 N–H and O–H groups in total. The number of fused-ring (bicyclic) bond motifs is 1. The van der Waals surface area contributed by atoms with Crippen LogP contribution in [-0.2, 0) is 13.0 Å². The van der Waals surface area contributed by atoms with E-state index >= 15 is 0 Å². The summed E-state index contributed by atoms with van der Waals surface area (Å²) in [5.74, 6) is 0.388. The lowest BCUT2D eigenvalue weighted by Crippen LogP contribution is -2.15. The van der Waals surface area contributed by atoms with E-state index in [0.29, 0.717) is 23.8 Å². The predicted molar refractivity (Wildman–Crippen MR) is 86.3 cm³/mol. The Bertz CT molecular complexity index is 905. The number of hydrogen-bond donors (Lipinski definition) is 2. The summed E-state index contributed by atoms with van der Waals surface area (Å²) in [6, 6.07) is 5.86. The van der Waals surface area contributed by atoms with Crippen LogP contribution in [0, 0.1) is 5.82 Å². The molecule has 3 rings (SSSR count). The number of benzene rings is 1. The number of anilines is 1. The van der Waals surface area contributed by atoms with Gasteiger partial charge < -0.3 is 10.3 Å². The fraction of sp³-hybridized carbons (Fsp3) is 0.267. The lowest BCUT2D eigenvalue weighted by atomic mass is 10.2. The van der Waals surface area contributed by atoms with E-state index in [4.69, 9.17) is 11.6 Å². The number of aryl methyl sites for hydroxylation is 1. The van der Waals surface area contributed by atoms with Gasteiger partial charge in [-0.05, 0) is 24.6 Å². The van der Waals surface area contributed by atoms with Crippen LogP contribution in [-0.4, -0.2) is 19.6 Å². The Kier molecular flexibility index (Phi) is 4.29. The molecule has 3 aromatic rings. The second kappa shape index (κ2) is 6.37. The number of aromatic amines is 1. The summed E-state index contributed by atoms with van der Waals surface area (Å²) in [6.07, 6.45) is 1.71. The summed E-state index contributed by atoms with van der Waals surface area (Å²) >= 11 is 5.73. The molecule has 1 aromatic carbocycles. The Morgan fingerprint density at radius 2 is 2.22 bits per heavy atom. The van der Waals surface area contributed by atoms with Crippen molar-refractivity contribution in [1.82, 2.24) is 19.6 Å². The number of H-pyrrole nitrogens is 1. The standard InChI is InChI=1S/C15H15ClFN5O/c1-2-3-10-7-14(23)22-15(19-10)20-13(21-22)8-18-9-4-5-12(17)11(16)6-9/h4-7,18H,2-3,8H2,1H3,(H,19,20,21). The van der Waals surface area contributed by atoms with Crippen molar-refractivity contribution in [2.45, 2.75) is 26.3 Å². The number of rotatable bonds is 5. The third-order valence-corrected chi connectivity index (χ3v) is 3.61. The van der Waals surface area contributed by atoms with Gasteiger partial charge in [-0.25, -0.2) is 4.39 Å². The number of nitrogens with one attached hydrogen (secondary N) is 2. The maximum atomic E-state index is 13.1. The molecule has 0 aliphatic rings. The minimum Gasteiger partial charge on any atom is -0.378 e. The lowest BCUT2D eigenvalue weighted by Gasteiger charge is -2.04. The summed E-state index contributed by atoms with van der Waals surface area (Å²) < 4.78 is 14.3. The van der Waals surface area contributed by atoms with Gasteiger partial charge in [0.05, 0.1) is 11.6 Å². The maximum absolute atomic E-state index is 13.1. The summed E-state index contributed by atoms with van der Waals surface area (Å²) in [5.41, 5.74) is 1.27. The van der Waals surface area contributed by atoms with Crippen LogP contribution in [0.5, 0.6) is 0 Å². The van der Waals surface area contributed by atoms with Crippen molar-refractivity contribution in [2.24, 2.45) is 0 Å². The molecule has 8 heteroatoms. The fourth-order valence-electron chi connectivity index (χ4n) is 2.25. The van der Waals surface area contributed by atoms with Crippen LogP contribution in [0.25, 0.3) is 5.78 Å². The van der Waals surface area contributed by atoms with Gasteiger partial charge in [0.15, 0.2) is 5.82 Å². The number of nitrogens with zero attached hydrogens (tertiary/aromatic N) is 3. The first-order valence-electron chi connectivity index (χ1n) is 7.23. The molecule has 23 heavy (non-hydrogen) atoms. The second-order valence-electron chi connectivity index (χ2n) is 5.13. The van der Waals surface area contributed by atoms with E-state index in [1.165, 1.54) is 22.7 Å². The molecule has 0 atom stereocenters. The number of hydrogen-bond acceptors (Lipinski definition) is 4. The molecule has 0 aliphatic heterocycles. The Morgan fingerprint density at radius 3 is 2.96 bits per heavy atom. The maximum Gasteiger partial charge on any atom is 0.275 e. The molecule has 2 heterocycles. The van der Waals surface area contributed by atoms with Gasteiger partial charge in [0.1, 0.15) is 5.82 Å². The molecular weight excluding hydrogens is 321 g/mol. The minimum atomic E-state index is -0.475. The normalized spacial score (nSPS) is 11.1. The van der Waals surface area contributed by atoms with Crippen LogP contribution in [0.1, 0.15) is 24.9 Å². The quantitative estimate of drug-likeness (QED) is 0.751. The zero-order valence-electron chi connectivity index (χ0n) is 12.4. The van der Waals surface area contributed by atoms with E-state index in [2.05, 4.69) is 20.4 Å². The zero-order chi connectivity index (χ0) is 16.4. The summed E-state index contributed by atoms with van der Waals surface area (Å²) in [4.78, 5) is 19.4. The van der Waals surface area contributed by atoms with Gasteiger partial charge in [-0.3, -0.25) is 4.79 Å². The van der Waals surface area contributed by atoms with E-state index in [1.807, 2.05) is 6.92 Å². The van der Waals surface area contributed by atoms with Crippen molar-refractivity contribution in [2.75, 3.05) is 5.32 Å². The summed E-state index contributed by atoms with van der Waals surface area (Å²) in [7, 11) is 0. The van der Waals surface area contributed by atoms with Crippen LogP contribution >= 0.6 is 11.6 Å². The van der Waals surface area contributed by atoms with Crippen LogP contribution in [0.3, 0.4) is 0 Å². The summed E-state index contributed by atoms with van der Waals surface area (Å²) in [5, 5.41) is 7.24. The van der Waals surface area contributed by atoms with Gasteiger partial charge in [-0.2, -0.15) is 9.50 Å². The van der Waals surface area contributed by atoms with Crippen LogP contribution in [0.2, 0.25) is 5.02 Å². The third kappa shape index (κ3) is 3.34. The van der Waals surface area contributed by atoms with E-state index in [9.17, 15) is 9.18 Å². The molecule has 6 nitrogen and oxygen atoms in total. The minimum absolute atomic E-state index is 0.0392. The van der Waals surface area contributed by atoms with E-state index in [1.54, 1.807) is 6.07 Å². The Labute approximate surface area is 136 Å². The molecular formula is C15H15ClFN5O. The van der Waals surface area contributed by atoms with E-state index < -0.39 is 5.82 Å². The molecule has 0 unspecified atom stereocenters. The highest BCUT2D eigenvalue weighted by atomic mass is 35.5. The van der Waals surface area contributed by atoms with Crippen LogP contribution < -0.4 is 10.9 Å². The van der Waals surface area contributed by atoms with Gasteiger partial charge in [0.2, 0.25) is 5.78 Å². The van der Waals surface area contributed by atoms with E-state index in [0.717, 1.165) is 18.5 Å². The predicted octanol–water partition coefficient (Wildman–Crippen LogP) is 2.77. The van der Waals surface area contributed by atoms with Gasteiger partial charge in [0.25, 0.3) is 5.56 Å². The van der Waals surface area contributed by atoms with Gasteiger partial charge in [-0.15, -0.1) is 5.10 Å². The lowest BCUT2D eigenvalue weighted by molar-refractivity contribution is 0.628. The molecule has 0 amide bonds. The molecule has 0 bridgehead atoms. The van der Waals surface area contributed by atoms with E-state index in [-0.39, 0.29) is 10.6 Å². The Morgan fingerprint density at radius 1 is 1.39 bits per heavy atom. The molecule has 0 radical (unpaired) electrons. The average molecular weight is 336 g/mol. The third-order valence-electron chi connectivity index (χ3n) is 3.32. The number of aromatic nitrogens is 4. The first kappa shape index (κ1) is 15.5. The monoisotopic (exact) mass is 335 g/mol. The van der Waals surface area contributed by atoms with Crippen molar-refractivity contribution >= 4 is 23.1 Å². The highest BCUT2D eigenvalue weighted by Gasteiger charge is 2.08. The zero-order valence-corrected chi connectivity index (χ0v) is 13.2. The molecule has 0 fully saturated rings. The van der Waals surface area contributed by atoms with Gasteiger partial charge in [-0.1, -0.05) is 24.9 Å². The van der Waals surface area contributed by atoms with Crippen molar-refractivity contribution in [3.05, 3.63) is 57.0 Å². The van der Waals surface area contributed by atoms with Crippen LogP contribution in [0.4, 0.5) is 10.1 Å². The molecule has 120 valence electrons. The van der Waals surface area contributed by atoms with Gasteiger partial charge >= 0.3 is 0 Å². The second-order valence-corrected chi connectivity index (χ2v) is 5.54. The molecule has 0 aliphatic carbocycles. The average Bonchev–Trinajstić information content (AvgIpc) is 2.92. The van der Waals surface area contributed by atoms with Crippen LogP contribution in [0.15, 0.2) is 29.1 Å². The van der Waals surface area contributed by atoms with Crippen molar-refractivity contribution in [3.63, 3.8) is 0 Å². The van der Waals surface area contributed by atoms with Crippen molar-refractivity contribution in [3.8, 4) is 0 Å². The highest BCUT2D eigenvalue weighted by Crippen LogP contribution is 2.19. The smallest absolute Gasteiger partial charge is 0.275 e. The van der Waals surface area contributed by atoms with Crippen molar-refractivity contribution < 1.29 is 4.39 Å². The first-order valence-corrected chi connectivity index (χ1v) is 7.61. The fourth-order valence-corrected chi connectivity index (χ4v) is 2.43. The van der Waals surface area contributed by atoms with Gasteiger partial charge in [0, 0.05) is 17.4 Å². The Hall–Kier alpha value is -2.41. The summed E-state index contributed by atoms with van der Waals surface area (Å²) in [6.45, 7) is 2.33. The highest BCUT2D eigenvalue weighted by molar-refractivity contribution is 6.31. The molecule has 2 aromatic heterocycles. The molecule has 0 saturated carbocycles.